The van der Waals surface area contributed by atoms with Crippen molar-refractivity contribution in [2.45, 2.75) is 25.3 Å². The zero-order chi connectivity index (χ0) is 17.9. The van der Waals surface area contributed by atoms with Crippen LogP contribution in [0.4, 0.5) is 0 Å². The number of nitrogens with zero attached hydrogens (tertiary/aromatic N) is 2. The van der Waals surface area contributed by atoms with Gasteiger partial charge in [0.2, 0.25) is 0 Å². The summed E-state index contributed by atoms with van der Waals surface area (Å²) in [5, 5.41) is 4.21. The van der Waals surface area contributed by atoms with Gasteiger partial charge in [0.25, 0.3) is 5.91 Å². The number of hydrogen-bond donors (Lipinski definition) is 1. The molecule has 1 N–H and O–H groups in total. The molecule has 0 aliphatic carbocycles. The van der Waals surface area contributed by atoms with E-state index in [1.165, 1.54) is 17.8 Å². The van der Waals surface area contributed by atoms with Crippen LogP contribution in [0.15, 0.2) is 48.5 Å². The van der Waals surface area contributed by atoms with E-state index >= 15 is 0 Å². The normalized spacial score (nSPS) is 16.0. The summed E-state index contributed by atoms with van der Waals surface area (Å²) in [6, 6.07) is 15.8. The number of amides is 1. The molecule has 26 heavy (non-hydrogen) atoms. The van der Waals surface area contributed by atoms with Gasteiger partial charge in [0, 0.05) is 18.0 Å². The molecule has 134 valence electrons. The van der Waals surface area contributed by atoms with Crippen molar-refractivity contribution in [3.05, 3.63) is 64.7 Å². The van der Waals surface area contributed by atoms with E-state index in [4.69, 9.17) is 4.98 Å². The molecule has 1 saturated heterocycles. The van der Waals surface area contributed by atoms with Crippen molar-refractivity contribution >= 4 is 27.5 Å². The van der Waals surface area contributed by atoms with E-state index in [0.29, 0.717) is 18.0 Å². The molecule has 4 rings (SSSR count). The van der Waals surface area contributed by atoms with Crippen LogP contribution in [-0.2, 0) is 6.54 Å². The zero-order valence-electron chi connectivity index (χ0n) is 14.9. The van der Waals surface area contributed by atoms with Gasteiger partial charge in [-0.25, -0.2) is 4.98 Å². The average molecular weight is 366 g/mol. The molecule has 0 atom stereocenters. The third-order valence-corrected chi connectivity index (χ3v) is 6.21. The Kier molecular flexibility index (Phi) is 5.00. The first kappa shape index (κ1) is 17.2. The number of carbonyl (C=O) groups excluding carboxylic acids is 1. The Morgan fingerprint density at radius 1 is 1.19 bits per heavy atom. The van der Waals surface area contributed by atoms with Crippen LogP contribution in [0, 0.1) is 0 Å². The predicted octanol–water partition coefficient (Wildman–Crippen LogP) is 4.04. The van der Waals surface area contributed by atoms with Gasteiger partial charge in [0.15, 0.2) is 0 Å². The van der Waals surface area contributed by atoms with E-state index in [1.807, 2.05) is 48.5 Å². The number of likely N-dealkylation sites (tertiary alicyclic amines) is 1. The zero-order valence-corrected chi connectivity index (χ0v) is 15.8. The van der Waals surface area contributed by atoms with E-state index in [-0.39, 0.29) is 5.91 Å². The largest absolute Gasteiger partial charge is 0.348 e. The average Bonchev–Trinajstić information content (AvgIpc) is 3.10. The van der Waals surface area contributed by atoms with Gasteiger partial charge in [-0.1, -0.05) is 30.3 Å². The molecule has 3 aromatic rings. The maximum atomic E-state index is 12.5. The number of benzene rings is 2. The van der Waals surface area contributed by atoms with Gasteiger partial charge in [0.1, 0.15) is 0 Å². The summed E-state index contributed by atoms with van der Waals surface area (Å²) in [7, 11) is 2.18. The molecule has 0 unspecified atom stereocenters. The van der Waals surface area contributed by atoms with Gasteiger partial charge >= 0.3 is 0 Å². The Balaban J connectivity index is 1.47. The SMILES string of the molecule is CN1CCC(c2nc3ccc(C(=O)NCc4ccccc4)cc3s2)CC1. The van der Waals surface area contributed by atoms with Crippen molar-refractivity contribution < 1.29 is 4.79 Å². The molecule has 1 aromatic heterocycles. The van der Waals surface area contributed by atoms with E-state index in [0.717, 1.165) is 28.9 Å². The summed E-state index contributed by atoms with van der Waals surface area (Å²) in [6.45, 7) is 2.81. The topological polar surface area (TPSA) is 45.2 Å². The lowest BCUT2D eigenvalue weighted by atomic mass is 9.98. The molecule has 2 heterocycles. The van der Waals surface area contributed by atoms with Crippen LogP contribution in [0.3, 0.4) is 0 Å². The van der Waals surface area contributed by atoms with E-state index < -0.39 is 0 Å². The fourth-order valence-electron chi connectivity index (χ4n) is 3.39. The fourth-order valence-corrected chi connectivity index (χ4v) is 4.57. The molecule has 0 radical (unpaired) electrons. The van der Waals surface area contributed by atoms with Crippen LogP contribution < -0.4 is 5.32 Å². The summed E-state index contributed by atoms with van der Waals surface area (Å²) in [5.74, 6) is 0.518. The van der Waals surface area contributed by atoms with Crippen LogP contribution in [0.25, 0.3) is 10.2 Å². The van der Waals surface area contributed by atoms with Crippen LogP contribution in [-0.4, -0.2) is 35.9 Å². The molecular formula is C21H23N3OS. The van der Waals surface area contributed by atoms with Gasteiger partial charge < -0.3 is 10.2 Å². The molecule has 0 saturated carbocycles. The summed E-state index contributed by atoms with van der Waals surface area (Å²) >= 11 is 1.74. The molecule has 1 aliphatic heterocycles. The highest BCUT2D eigenvalue weighted by Crippen LogP contribution is 2.33. The van der Waals surface area contributed by atoms with Gasteiger partial charge in [-0.15, -0.1) is 11.3 Å². The van der Waals surface area contributed by atoms with Gasteiger partial charge in [-0.2, -0.15) is 0 Å². The van der Waals surface area contributed by atoms with Crippen LogP contribution in [0.2, 0.25) is 0 Å². The molecule has 1 amide bonds. The van der Waals surface area contributed by atoms with Crippen molar-refractivity contribution in [2.75, 3.05) is 20.1 Å². The van der Waals surface area contributed by atoms with Crippen molar-refractivity contribution in [3.63, 3.8) is 0 Å². The van der Waals surface area contributed by atoms with Crippen LogP contribution in [0.1, 0.15) is 39.7 Å². The van der Waals surface area contributed by atoms with E-state index in [1.54, 1.807) is 11.3 Å². The maximum Gasteiger partial charge on any atom is 0.251 e. The number of rotatable bonds is 4. The molecule has 1 aliphatic rings. The fraction of sp³-hybridized carbons (Fsp3) is 0.333. The third-order valence-electron chi connectivity index (χ3n) is 5.03. The molecule has 0 bridgehead atoms. The first-order chi connectivity index (χ1) is 12.7. The number of piperidine rings is 1. The lowest BCUT2D eigenvalue weighted by Crippen LogP contribution is -2.29. The quantitative estimate of drug-likeness (QED) is 0.759. The molecule has 0 spiro atoms. The Morgan fingerprint density at radius 3 is 2.73 bits per heavy atom. The minimum Gasteiger partial charge on any atom is -0.348 e. The Bertz CT molecular complexity index is 898. The second-order valence-electron chi connectivity index (χ2n) is 6.98. The molecular weight excluding hydrogens is 342 g/mol. The monoisotopic (exact) mass is 365 g/mol. The van der Waals surface area contributed by atoms with Crippen molar-refractivity contribution in [1.82, 2.24) is 15.2 Å². The number of thiazole rings is 1. The van der Waals surface area contributed by atoms with Crippen molar-refractivity contribution in [2.24, 2.45) is 0 Å². The summed E-state index contributed by atoms with van der Waals surface area (Å²) in [5.41, 5.74) is 2.81. The lowest BCUT2D eigenvalue weighted by Gasteiger charge is -2.27. The number of hydrogen-bond acceptors (Lipinski definition) is 4. The highest BCUT2D eigenvalue weighted by molar-refractivity contribution is 7.18. The van der Waals surface area contributed by atoms with Crippen LogP contribution >= 0.6 is 11.3 Å². The first-order valence-electron chi connectivity index (χ1n) is 9.10. The molecule has 1 fully saturated rings. The number of fused-ring (bicyclic) bond motifs is 1. The van der Waals surface area contributed by atoms with Crippen molar-refractivity contribution in [3.8, 4) is 0 Å². The number of aromatic nitrogens is 1. The van der Waals surface area contributed by atoms with Gasteiger partial charge in [0.05, 0.1) is 15.2 Å². The Labute approximate surface area is 157 Å². The molecule has 4 nitrogen and oxygen atoms in total. The van der Waals surface area contributed by atoms with E-state index in [9.17, 15) is 4.79 Å². The second kappa shape index (κ2) is 7.56. The second-order valence-corrected chi connectivity index (χ2v) is 8.04. The van der Waals surface area contributed by atoms with Crippen LogP contribution in [0.5, 0.6) is 0 Å². The van der Waals surface area contributed by atoms with Crippen molar-refractivity contribution in [1.29, 1.82) is 0 Å². The van der Waals surface area contributed by atoms with E-state index in [2.05, 4.69) is 17.3 Å². The number of nitrogens with one attached hydrogen (secondary N) is 1. The molecule has 5 heteroatoms. The molecule has 2 aromatic carbocycles. The summed E-state index contributed by atoms with van der Waals surface area (Å²) in [4.78, 5) is 19.7. The highest BCUT2D eigenvalue weighted by Gasteiger charge is 2.21. The minimum absolute atomic E-state index is 0.0370. The summed E-state index contributed by atoms with van der Waals surface area (Å²) < 4.78 is 1.10. The first-order valence-corrected chi connectivity index (χ1v) is 9.92. The standard InChI is InChI=1S/C21H23N3OS/c1-24-11-9-16(10-12-24)21-23-18-8-7-17(13-19(18)26-21)20(25)22-14-15-5-3-2-4-6-15/h2-8,13,16H,9-12,14H2,1H3,(H,22,25). The smallest absolute Gasteiger partial charge is 0.251 e. The predicted molar refractivity (Wildman–Crippen MR) is 107 cm³/mol. The van der Waals surface area contributed by atoms with Gasteiger partial charge in [-0.05, 0) is 56.7 Å². The number of carbonyl (C=O) groups is 1. The highest BCUT2D eigenvalue weighted by atomic mass is 32.1. The van der Waals surface area contributed by atoms with Gasteiger partial charge in [-0.3, -0.25) is 4.79 Å². The minimum atomic E-state index is -0.0370. The maximum absolute atomic E-state index is 12.5. The third kappa shape index (κ3) is 3.79. The Hall–Kier alpha value is -2.24. The Morgan fingerprint density at radius 2 is 1.96 bits per heavy atom. The summed E-state index contributed by atoms with van der Waals surface area (Å²) in [6.07, 6.45) is 2.33. The lowest BCUT2D eigenvalue weighted by molar-refractivity contribution is 0.0951.